The van der Waals surface area contributed by atoms with Crippen LogP contribution >= 0.6 is 15.9 Å². The monoisotopic (exact) mass is 413 g/mol. The van der Waals surface area contributed by atoms with Crippen LogP contribution in [0.2, 0.25) is 0 Å². The first kappa shape index (κ1) is 18.6. The van der Waals surface area contributed by atoms with Crippen molar-refractivity contribution in [1.82, 2.24) is 0 Å². The third kappa shape index (κ3) is 3.67. The van der Waals surface area contributed by atoms with E-state index in [0.29, 0.717) is 5.69 Å². The van der Waals surface area contributed by atoms with Crippen molar-refractivity contribution in [3.63, 3.8) is 0 Å². The Bertz CT molecular complexity index is 866. The SMILES string of the molecule is Cc1cc(N(C)C(=O)C(C)S(=O)(=O)c2ccc(F)cc2)ccc1Br. The third-order valence-corrected chi connectivity index (χ3v) is 6.77. The molecule has 0 fully saturated rings. The molecule has 2 rings (SSSR count). The van der Waals surface area contributed by atoms with Crippen molar-refractivity contribution in [2.24, 2.45) is 0 Å². The summed E-state index contributed by atoms with van der Waals surface area (Å²) >= 11 is 3.38. The van der Waals surface area contributed by atoms with Gasteiger partial charge in [0.15, 0.2) is 9.84 Å². The molecule has 1 atom stereocenters. The van der Waals surface area contributed by atoms with Gasteiger partial charge in [-0.1, -0.05) is 15.9 Å². The molecule has 0 aliphatic carbocycles. The van der Waals surface area contributed by atoms with Crippen LogP contribution in [-0.4, -0.2) is 26.6 Å². The maximum atomic E-state index is 13.0. The van der Waals surface area contributed by atoms with Gasteiger partial charge in [-0.3, -0.25) is 4.79 Å². The Morgan fingerprint density at radius 2 is 1.75 bits per heavy atom. The number of hydrogen-bond acceptors (Lipinski definition) is 3. The predicted octanol–water partition coefficient (Wildman–Crippen LogP) is 3.72. The van der Waals surface area contributed by atoms with E-state index in [-0.39, 0.29) is 4.90 Å². The molecule has 128 valence electrons. The topological polar surface area (TPSA) is 54.5 Å². The average Bonchev–Trinajstić information content (AvgIpc) is 2.55. The lowest BCUT2D eigenvalue weighted by Gasteiger charge is -2.22. The highest BCUT2D eigenvalue weighted by atomic mass is 79.9. The molecular weight excluding hydrogens is 397 g/mol. The summed E-state index contributed by atoms with van der Waals surface area (Å²) in [6.45, 7) is 3.22. The van der Waals surface area contributed by atoms with Crippen LogP contribution in [0, 0.1) is 12.7 Å². The van der Waals surface area contributed by atoms with Crippen molar-refractivity contribution in [1.29, 1.82) is 0 Å². The van der Waals surface area contributed by atoms with Crippen molar-refractivity contribution in [2.45, 2.75) is 24.0 Å². The summed E-state index contributed by atoms with van der Waals surface area (Å²) in [5.74, 6) is -1.09. The van der Waals surface area contributed by atoms with Crippen LogP contribution in [0.25, 0.3) is 0 Å². The first-order valence-corrected chi connectivity index (χ1v) is 9.51. The molecule has 1 unspecified atom stereocenters. The zero-order valence-corrected chi connectivity index (χ0v) is 15.9. The first-order valence-electron chi connectivity index (χ1n) is 7.18. The number of carbonyl (C=O) groups excluding carboxylic acids is 1. The minimum Gasteiger partial charge on any atom is -0.314 e. The van der Waals surface area contributed by atoms with E-state index in [9.17, 15) is 17.6 Å². The highest BCUT2D eigenvalue weighted by molar-refractivity contribution is 9.10. The van der Waals surface area contributed by atoms with Gasteiger partial charge in [-0.05, 0) is 61.9 Å². The van der Waals surface area contributed by atoms with E-state index in [4.69, 9.17) is 0 Å². The third-order valence-electron chi connectivity index (χ3n) is 3.81. The Kier molecular flexibility index (Phi) is 5.45. The van der Waals surface area contributed by atoms with Gasteiger partial charge in [-0.2, -0.15) is 0 Å². The second kappa shape index (κ2) is 7.03. The van der Waals surface area contributed by atoms with Gasteiger partial charge in [0, 0.05) is 17.2 Å². The van der Waals surface area contributed by atoms with Gasteiger partial charge in [0.05, 0.1) is 4.90 Å². The molecule has 0 aliphatic heterocycles. The fourth-order valence-corrected chi connectivity index (χ4v) is 3.79. The molecule has 2 aromatic rings. The maximum Gasteiger partial charge on any atom is 0.245 e. The van der Waals surface area contributed by atoms with Gasteiger partial charge in [0.1, 0.15) is 11.1 Å². The minimum atomic E-state index is -3.89. The van der Waals surface area contributed by atoms with Crippen LogP contribution in [0.1, 0.15) is 12.5 Å². The molecule has 0 bridgehead atoms. The Morgan fingerprint density at radius 3 is 2.29 bits per heavy atom. The largest absolute Gasteiger partial charge is 0.314 e. The summed E-state index contributed by atoms with van der Waals surface area (Å²) in [7, 11) is -2.36. The van der Waals surface area contributed by atoms with Gasteiger partial charge >= 0.3 is 0 Å². The summed E-state index contributed by atoms with van der Waals surface area (Å²) in [6.07, 6.45) is 0. The molecule has 0 saturated heterocycles. The molecule has 7 heteroatoms. The second-order valence-electron chi connectivity index (χ2n) is 5.47. The van der Waals surface area contributed by atoms with Crippen molar-refractivity contribution in [3.05, 3.63) is 58.3 Å². The number of sulfone groups is 1. The summed E-state index contributed by atoms with van der Waals surface area (Å²) < 4.78 is 39.0. The fourth-order valence-electron chi connectivity index (χ4n) is 2.20. The van der Waals surface area contributed by atoms with E-state index >= 15 is 0 Å². The van der Waals surface area contributed by atoms with E-state index in [0.717, 1.165) is 34.3 Å². The van der Waals surface area contributed by atoms with E-state index in [2.05, 4.69) is 15.9 Å². The Hall–Kier alpha value is -1.73. The number of hydrogen-bond donors (Lipinski definition) is 0. The van der Waals surface area contributed by atoms with Crippen LogP contribution in [0.5, 0.6) is 0 Å². The van der Waals surface area contributed by atoms with Crippen LogP contribution in [-0.2, 0) is 14.6 Å². The highest BCUT2D eigenvalue weighted by Crippen LogP contribution is 2.24. The van der Waals surface area contributed by atoms with E-state index in [1.54, 1.807) is 18.2 Å². The van der Waals surface area contributed by atoms with Crippen molar-refractivity contribution >= 4 is 37.4 Å². The lowest BCUT2D eigenvalue weighted by atomic mass is 10.2. The molecule has 0 N–H and O–H groups in total. The second-order valence-corrected chi connectivity index (χ2v) is 8.59. The Labute approximate surface area is 149 Å². The lowest BCUT2D eigenvalue weighted by molar-refractivity contribution is -0.117. The van der Waals surface area contributed by atoms with Gasteiger partial charge in [0.2, 0.25) is 5.91 Å². The quantitative estimate of drug-likeness (QED) is 0.717. The lowest BCUT2D eigenvalue weighted by Crippen LogP contribution is -2.39. The smallest absolute Gasteiger partial charge is 0.245 e. The molecular formula is C17H17BrFNO3S. The van der Waals surface area contributed by atoms with E-state index in [1.807, 2.05) is 6.92 Å². The zero-order valence-electron chi connectivity index (χ0n) is 13.5. The van der Waals surface area contributed by atoms with E-state index in [1.165, 1.54) is 18.9 Å². The molecule has 24 heavy (non-hydrogen) atoms. The van der Waals surface area contributed by atoms with Crippen molar-refractivity contribution in [3.8, 4) is 0 Å². The number of benzene rings is 2. The van der Waals surface area contributed by atoms with Gasteiger partial charge in [-0.25, -0.2) is 12.8 Å². The number of carbonyl (C=O) groups is 1. The Morgan fingerprint density at radius 1 is 1.17 bits per heavy atom. The zero-order chi connectivity index (χ0) is 18.1. The molecule has 2 aromatic carbocycles. The Balaban J connectivity index is 2.30. The van der Waals surface area contributed by atoms with Crippen LogP contribution < -0.4 is 4.90 Å². The van der Waals surface area contributed by atoms with E-state index < -0.39 is 26.8 Å². The number of anilines is 1. The molecule has 4 nitrogen and oxygen atoms in total. The van der Waals surface area contributed by atoms with Crippen LogP contribution in [0.15, 0.2) is 51.8 Å². The highest BCUT2D eigenvalue weighted by Gasteiger charge is 2.32. The molecule has 0 heterocycles. The summed E-state index contributed by atoms with van der Waals surface area (Å²) in [5.41, 5.74) is 1.53. The number of rotatable bonds is 4. The number of aryl methyl sites for hydroxylation is 1. The summed E-state index contributed by atoms with van der Waals surface area (Å²) in [6, 6.07) is 9.77. The standard InChI is InChI=1S/C17H17BrFNO3S/c1-11-10-14(6-9-16(11)18)20(3)17(21)12(2)24(22,23)15-7-4-13(19)5-8-15/h4-10,12H,1-3H3. The molecule has 0 spiro atoms. The molecule has 0 saturated carbocycles. The summed E-state index contributed by atoms with van der Waals surface area (Å²) in [5, 5.41) is -1.28. The van der Waals surface area contributed by atoms with Crippen LogP contribution in [0.4, 0.5) is 10.1 Å². The first-order chi connectivity index (χ1) is 11.1. The molecule has 0 aliphatic rings. The maximum absolute atomic E-state index is 13.0. The molecule has 0 radical (unpaired) electrons. The number of halogens is 2. The van der Waals surface area contributed by atoms with Crippen molar-refractivity contribution in [2.75, 3.05) is 11.9 Å². The van der Waals surface area contributed by atoms with Gasteiger partial charge in [0.25, 0.3) is 0 Å². The van der Waals surface area contributed by atoms with Crippen molar-refractivity contribution < 1.29 is 17.6 Å². The van der Waals surface area contributed by atoms with Crippen LogP contribution in [0.3, 0.4) is 0 Å². The molecule has 0 aromatic heterocycles. The van der Waals surface area contributed by atoms with Gasteiger partial charge in [-0.15, -0.1) is 0 Å². The predicted molar refractivity (Wildman–Crippen MR) is 95.3 cm³/mol. The number of nitrogens with zero attached hydrogens (tertiary/aromatic N) is 1. The summed E-state index contributed by atoms with van der Waals surface area (Å²) in [4.78, 5) is 13.8. The minimum absolute atomic E-state index is 0.0786. The number of amides is 1. The fraction of sp³-hybridized carbons (Fsp3) is 0.235. The van der Waals surface area contributed by atoms with Gasteiger partial charge < -0.3 is 4.90 Å². The molecule has 1 amide bonds. The average molecular weight is 414 g/mol. The normalized spacial score (nSPS) is 12.7.